The minimum atomic E-state index is 0.472. The highest BCUT2D eigenvalue weighted by atomic mass is 32.1. The summed E-state index contributed by atoms with van der Waals surface area (Å²) < 4.78 is 0. The number of aromatic nitrogens is 3. The average Bonchev–Trinajstić information content (AvgIpc) is 2.74. The zero-order valence-corrected chi connectivity index (χ0v) is 7.07. The van der Waals surface area contributed by atoms with Gasteiger partial charge in [-0.15, -0.1) is 21.3 Å². The van der Waals surface area contributed by atoms with Crippen LogP contribution >= 0.6 is 11.3 Å². The fourth-order valence-corrected chi connectivity index (χ4v) is 1.30. The molecule has 0 spiro atoms. The first-order chi connectivity index (χ1) is 5.95. The summed E-state index contributed by atoms with van der Waals surface area (Å²) in [6.07, 6.45) is 5.17. The van der Waals surface area contributed by atoms with E-state index in [4.69, 9.17) is 4.84 Å². The van der Waals surface area contributed by atoms with E-state index in [1.807, 2.05) is 11.4 Å². The fourth-order valence-electron chi connectivity index (χ4n) is 0.777. The predicted molar refractivity (Wildman–Crippen MR) is 44.6 cm³/mol. The van der Waals surface area contributed by atoms with E-state index < -0.39 is 0 Å². The second kappa shape index (κ2) is 3.36. The molecule has 0 amide bonds. The van der Waals surface area contributed by atoms with Crippen molar-refractivity contribution in [2.75, 3.05) is 0 Å². The summed E-state index contributed by atoms with van der Waals surface area (Å²) in [7, 11) is 0. The molecule has 2 heterocycles. The molecule has 2 aromatic rings. The Balaban J connectivity index is 1.91. The highest BCUT2D eigenvalue weighted by Crippen LogP contribution is 2.03. The van der Waals surface area contributed by atoms with Crippen molar-refractivity contribution < 1.29 is 4.84 Å². The Morgan fingerprint density at radius 2 is 2.50 bits per heavy atom. The second-order valence-electron chi connectivity index (χ2n) is 2.11. The molecular formula is C7H7N3OS. The van der Waals surface area contributed by atoms with Crippen LogP contribution in [0, 0.1) is 0 Å². The fraction of sp³-hybridized carbons (Fsp3) is 0.143. The zero-order chi connectivity index (χ0) is 8.23. The van der Waals surface area contributed by atoms with Crippen molar-refractivity contribution in [1.29, 1.82) is 0 Å². The maximum Gasteiger partial charge on any atom is 0.168 e. The Labute approximate surface area is 73.4 Å². The first kappa shape index (κ1) is 7.30. The number of thiazole rings is 1. The van der Waals surface area contributed by atoms with Crippen molar-refractivity contribution in [2.45, 2.75) is 6.61 Å². The third kappa shape index (κ3) is 1.62. The second-order valence-corrected chi connectivity index (χ2v) is 3.09. The molecule has 0 saturated heterocycles. The molecule has 0 aliphatic rings. The summed E-state index contributed by atoms with van der Waals surface area (Å²) >= 11 is 1.57. The van der Waals surface area contributed by atoms with E-state index >= 15 is 0 Å². The van der Waals surface area contributed by atoms with Crippen LogP contribution in [0.1, 0.15) is 5.01 Å². The summed E-state index contributed by atoms with van der Waals surface area (Å²) in [6.45, 7) is 0.472. The van der Waals surface area contributed by atoms with Gasteiger partial charge < -0.3 is 4.84 Å². The Bertz CT molecular complexity index is 282. The first-order valence-corrected chi connectivity index (χ1v) is 4.34. The molecule has 0 atom stereocenters. The van der Waals surface area contributed by atoms with E-state index in [0.717, 1.165) is 5.01 Å². The van der Waals surface area contributed by atoms with Gasteiger partial charge in [0.1, 0.15) is 5.01 Å². The van der Waals surface area contributed by atoms with Gasteiger partial charge in [0.15, 0.2) is 6.61 Å². The minimum absolute atomic E-state index is 0.472. The van der Waals surface area contributed by atoms with Gasteiger partial charge >= 0.3 is 0 Å². The van der Waals surface area contributed by atoms with E-state index in [0.29, 0.717) is 6.61 Å². The van der Waals surface area contributed by atoms with Gasteiger partial charge in [0.2, 0.25) is 0 Å². The molecule has 2 aromatic heterocycles. The molecular weight excluding hydrogens is 174 g/mol. The van der Waals surface area contributed by atoms with Crippen molar-refractivity contribution in [1.82, 2.24) is 14.9 Å². The van der Waals surface area contributed by atoms with E-state index in [9.17, 15) is 0 Å². The highest BCUT2D eigenvalue weighted by molar-refractivity contribution is 7.09. The highest BCUT2D eigenvalue weighted by Gasteiger charge is 1.95. The summed E-state index contributed by atoms with van der Waals surface area (Å²) in [5.74, 6) is 0. The summed E-state index contributed by atoms with van der Waals surface area (Å²) in [5.41, 5.74) is 0. The summed E-state index contributed by atoms with van der Waals surface area (Å²) in [6, 6.07) is 1.81. The van der Waals surface area contributed by atoms with Gasteiger partial charge in [-0.2, -0.15) is 0 Å². The molecule has 0 saturated carbocycles. The molecule has 5 heteroatoms. The Kier molecular flexibility index (Phi) is 2.04. The topological polar surface area (TPSA) is 39.9 Å². The Hall–Kier alpha value is -1.36. The zero-order valence-electron chi connectivity index (χ0n) is 6.25. The van der Waals surface area contributed by atoms with Crippen molar-refractivity contribution >= 4 is 11.3 Å². The van der Waals surface area contributed by atoms with Crippen molar-refractivity contribution in [3.63, 3.8) is 0 Å². The minimum Gasteiger partial charge on any atom is -0.389 e. The summed E-state index contributed by atoms with van der Waals surface area (Å²) in [5, 5.41) is 6.75. The van der Waals surface area contributed by atoms with Crippen LogP contribution in [0.15, 0.2) is 30.0 Å². The van der Waals surface area contributed by atoms with Gasteiger partial charge in [-0.05, 0) is 6.07 Å². The molecule has 0 N–H and O–H groups in total. The van der Waals surface area contributed by atoms with Crippen LogP contribution < -0.4 is 4.84 Å². The Morgan fingerprint density at radius 1 is 1.50 bits per heavy atom. The van der Waals surface area contributed by atoms with Crippen molar-refractivity contribution in [3.05, 3.63) is 35.0 Å². The van der Waals surface area contributed by atoms with Gasteiger partial charge in [0, 0.05) is 11.6 Å². The monoisotopic (exact) mass is 181 g/mol. The SMILES string of the molecule is c1cnn(OCc2nccs2)c1. The first-order valence-electron chi connectivity index (χ1n) is 3.46. The number of hydrogen-bond acceptors (Lipinski definition) is 4. The molecule has 0 radical (unpaired) electrons. The maximum atomic E-state index is 5.24. The molecule has 0 aromatic carbocycles. The van der Waals surface area contributed by atoms with Crippen LogP contribution in [0.4, 0.5) is 0 Å². The molecule has 0 unspecified atom stereocenters. The molecule has 2 rings (SSSR count). The van der Waals surface area contributed by atoms with Crippen LogP contribution in [0.3, 0.4) is 0 Å². The third-order valence-electron chi connectivity index (χ3n) is 1.28. The van der Waals surface area contributed by atoms with Gasteiger partial charge in [-0.25, -0.2) is 4.98 Å². The lowest BCUT2D eigenvalue weighted by Crippen LogP contribution is -2.10. The van der Waals surface area contributed by atoms with Crippen LogP contribution in [0.5, 0.6) is 0 Å². The van der Waals surface area contributed by atoms with E-state index in [2.05, 4.69) is 10.1 Å². The van der Waals surface area contributed by atoms with Crippen molar-refractivity contribution in [3.8, 4) is 0 Å². The van der Waals surface area contributed by atoms with E-state index in [-0.39, 0.29) is 0 Å². The predicted octanol–water partition coefficient (Wildman–Crippen LogP) is 0.968. The number of nitrogens with zero attached hydrogens (tertiary/aromatic N) is 3. The van der Waals surface area contributed by atoms with Gasteiger partial charge in [0.25, 0.3) is 0 Å². The average molecular weight is 181 g/mol. The van der Waals surface area contributed by atoms with Crippen LogP contribution in [-0.2, 0) is 6.61 Å². The number of hydrogen-bond donors (Lipinski definition) is 0. The molecule has 0 bridgehead atoms. The van der Waals surface area contributed by atoms with E-state index in [1.165, 1.54) is 4.85 Å². The lowest BCUT2D eigenvalue weighted by atomic mass is 10.7. The molecule has 0 aliphatic carbocycles. The largest absolute Gasteiger partial charge is 0.389 e. The van der Waals surface area contributed by atoms with Gasteiger partial charge in [-0.3, -0.25) is 0 Å². The third-order valence-corrected chi connectivity index (χ3v) is 2.04. The van der Waals surface area contributed by atoms with Crippen LogP contribution in [0.25, 0.3) is 0 Å². The van der Waals surface area contributed by atoms with E-state index in [1.54, 1.807) is 29.9 Å². The lowest BCUT2D eigenvalue weighted by molar-refractivity contribution is 0.0699. The van der Waals surface area contributed by atoms with Gasteiger partial charge in [0.05, 0.1) is 12.4 Å². The quantitative estimate of drug-likeness (QED) is 0.708. The maximum absolute atomic E-state index is 5.24. The molecule has 0 fully saturated rings. The molecule has 12 heavy (non-hydrogen) atoms. The Morgan fingerprint density at radius 3 is 3.17 bits per heavy atom. The smallest absolute Gasteiger partial charge is 0.168 e. The van der Waals surface area contributed by atoms with Crippen molar-refractivity contribution in [2.24, 2.45) is 0 Å². The lowest BCUT2D eigenvalue weighted by Gasteiger charge is -2.00. The number of rotatable bonds is 3. The summed E-state index contributed by atoms with van der Waals surface area (Å²) in [4.78, 5) is 10.7. The normalized spacial score (nSPS) is 10.0. The molecule has 0 aliphatic heterocycles. The van der Waals surface area contributed by atoms with Crippen LogP contribution in [-0.4, -0.2) is 14.9 Å². The molecule has 4 nitrogen and oxygen atoms in total. The standard InChI is InChI=1S/C7H7N3OS/c1-2-9-10(4-1)11-6-7-8-3-5-12-7/h1-5H,6H2. The van der Waals surface area contributed by atoms with Gasteiger partial charge in [-0.1, -0.05) is 0 Å². The molecule has 62 valence electrons. The van der Waals surface area contributed by atoms with Crippen LogP contribution in [0.2, 0.25) is 0 Å².